The number of nitrogens with zero attached hydrogens (tertiary/aromatic N) is 2. The van der Waals surface area contributed by atoms with Crippen molar-refractivity contribution in [1.29, 1.82) is 5.41 Å². The van der Waals surface area contributed by atoms with E-state index in [0.717, 1.165) is 0 Å². The molecule has 0 aromatic carbocycles. The number of amidine groups is 1. The zero-order valence-electron chi connectivity index (χ0n) is 6.60. The first-order chi connectivity index (χ1) is 4.04. The van der Waals surface area contributed by atoms with Gasteiger partial charge in [0, 0.05) is 14.1 Å². The maximum atomic E-state index is 7.36. The summed E-state index contributed by atoms with van der Waals surface area (Å²) in [6.07, 6.45) is 0. The Morgan fingerprint density at radius 2 is 1.67 bits per heavy atom. The van der Waals surface area contributed by atoms with Crippen LogP contribution in [0.2, 0.25) is 0 Å². The lowest BCUT2D eigenvalue weighted by Gasteiger charge is -2.16. The molecule has 0 aromatic heterocycles. The molecule has 0 radical (unpaired) electrons. The van der Waals surface area contributed by atoms with E-state index in [1.54, 1.807) is 4.90 Å². The lowest BCUT2D eigenvalue weighted by atomic mass is 10.5. The first-order valence-electron chi connectivity index (χ1n) is 2.93. The van der Waals surface area contributed by atoms with Crippen molar-refractivity contribution in [3.8, 4) is 0 Å². The summed E-state index contributed by atoms with van der Waals surface area (Å²) in [5, 5.41) is 7.36. The third-order valence-corrected chi connectivity index (χ3v) is 1.01. The van der Waals surface area contributed by atoms with Crippen LogP contribution in [0.4, 0.5) is 0 Å². The molecule has 0 heterocycles. The molecule has 0 aliphatic carbocycles. The van der Waals surface area contributed by atoms with E-state index < -0.39 is 0 Å². The molecule has 0 fully saturated rings. The van der Waals surface area contributed by atoms with Gasteiger partial charge in [-0.1, -0.05) is 0 Å². The zero-order valence-corrected chi connectivity index (χ0v) is 6.60. The van der Waals surface area contributed by atoms with Crippen LogP contribution in [-0.4, -0.2) is 50.4 Å². The highest BCUT2D eigenvalue weighted by Crippen LogP contribution is 1.81. The number of likely N-dealkylation sites (N-methyl/N-ethyl adjacent to an activating group) is 2. The number of hydrogen-bond acceptors (Lipinski definition) is 2. The van der Waals surface area contributed by atoms with Crippen molar-refractivity contribution < 1.29 is 0 Å². The Balaban J connectivity index is 3.51. The molecule has 0 aromatic rings. The molecule has 1 N–H and O–H groups in total. The molecule has 0 aliphatic heterocycles. The van der Waals surface area contributed by atoms with Crippen LogP contribution in [0.1, 0.15) is 0 Å². The Labute approximate surface area is 56.8 Å². The van der Waals surface area contributed by atoms with Gasteiger partial charge in [0.15, 0.2) is 0 Å². The zero-order chi connectivity index (χ0) is 7.44. The van der Waals surface area contributed by atoms with Gasteiger partial charge in [0.05, 0.1) is 6.54 Å². The van der Waals surface area contributed by atoms with E-state index in [2.05, 4.69) is 0 Å². The molecule has 0 rings (SSSR count). The maximum absolute atomic E-state index is 7.36. The van der Waals surface area contributed by atoms with E-state index in [4.69, 9.17) is 5.41 Å². The second-order valence-corrected chi connectivity index (χ2v) is 2.58. The van der Waals surface area contributed by atoms with E-state index in [1.165, 1.54) is 0 Å². The summed E-state index contributed by atoms with van der Waals surface area (Å²) < 4.78 is 0. The summed E-state index contributed by atoms with van der Waals surface area (Å²) in [5.74, 6) is 0.639. The molecule has 9 heavy (non-hydrogen) atoms. The van der Waals surface area contributed by atoms with Crippen LogP contribution in [0, 0.1) is 5.41 Å². The molecule has 0 bridgehead atoms. The van der Waals surface area contributed by atoms with Crippen LogP contribution < -0.4 is 0 Å². The number of nitrogens with one attached hydrogen (secondary N) is 1. The van der Waals surface area contributed by atoms with Crippen LogP contribution in [0.3, 0.4) is 0 Å². The second-order valence-electron chi connectivity index (χ2n) is 2.58. The summed E-state index contributed by atoms with van der Waals surface area (Å²) >= 11 is 0. The van der Waals surface area contributed by atoms with Gasteiger partial charge in [-0.15, -0.1) is 0 Å². The molecule has 3 heteroatoms. The molecule has 3 nitrogen and oxygen atoms in total. The quantitative estimate of drug-likeness (QED) is 0.423. The van der Waals surface area contributed by atoms with Crippen LogP contribution in [-0.2, 0) is 0 Å². The summed E-state index contributed by atoms with van der Waals surface area (Å²) in [7, 11) is 7.67. The van der Waals surface area contributed by atoms with E-state index in [0.29, 0.717) is 12.4 Å². The molecular weight excluding hydrogens is 114 g/mol. The fourth-order valence-corrected chi connectivity index (χ4v) is 0.441. The minimum atomic E-state index is 0.639. The maximum Gasteiger partial charge on any atom is 0.110 e. The van der Waals surface area contributed by atoms with E-state index >= 15 is 0 Å². The molecule has 0 saturated heterocycles. The first kappa shape index (κ1) is 8.43. The third-order valence-electron chi connectivity index (χ3n) is 1.01. The Hall–Kier alpha value is -0.570. The monoisotopic (exact) mass is 129 g/mol. The summed E-state index contributed by atoms with van der Waals surface area (Å²) in [4.78, 5) is 3.78. The van der Waals surface area contributed by atoms with Gasteiger partial charge in [-0.3, -0.25) is 5.41 Å². The average molecular weight is 129 g/mol. The number of hydrogen-bond donors (Lipinski definition) is 1. The highest BCUT2D eigenvalue weighted by atomic mass is 15.2. The van der Waals surface area contributed by atoms with E-state index in [1.807, 2.05) is 33.1 Å². The standard InChI is InChI=1S/C6H15N3/c1-8(2)5-6(7)9(3)4/h7H,5H2,1-4H3. The van der Waals surface area contributed by atoms with Crippen molar-refractivity contribution in [2.75, 3.05) is 34.7 Å². The van der Waals surface area contributed by atoms with Gasteiger partial charge in [0.25, 0.3) is 0 Å². The predicted molar refractivity (Wildman–Crippen MR) is 40.0 cm³/mol. The highest BCUT2D eigenvalue weighted by molar-refractivity contribution is 5.80. The fraction of sp³-hybridized carbons (Fsp3) is 0.833. The van der Waals surface area contributed by atoms with Gasteiger partial charge >= 0.3 is 0 Å². The van der Waals surface area contributed by atoms with Gasteiger partial charge in [-0.25, -0.2) is 0 Å². The van der Waals surface area contributed by atoms with Gasteiger partial charge < -0.3 is 9.80 Å². The molecular formula is C6H15N3. The van der Waals surface area contributed by atoms with Crippen molar-refractivity contribution in [2.24, 2.45) is 0 Å². The third kappa shape index (κ3) is 3.97. The SMILES string of the molecule is CN(C)CC(=N)N(C)C. The summed E-state index contributed by atoms with van der Waals surface area (Å²) in [5.41, 5.74) is 0. The Morgan fingerprint density at radius 1 is 1.22 bits per heavy atom. The van der Waals surface area contributed by atoms with Crippen molar-refractivity contribution in [3.05, 3.63) is 0 Å². The number of rotatable bonds is 2. The van der Waals surface area contributed by atoms with Crippen molar-refractivity contribution in [1.82, 2.24) is 9.80 Å². The molecule has 54 valence electrons. The van der Waals surface area contributed by atoms with Gasteiger partial charge in [-0.05, 0) is 14.1 Å². The van der Waals surface area contributed by atoms with Gasteiger partial charge in [0.1, 0.15) is 5.84 Å². The van der Waals surface area contributed by atoms with Crippen molar-refractivity contribution in [2.45, 2.75) is 0 Å². The minimum Gasteiger partial charge on any atom is -0.366 e. The first-order valence-corrected chi connectivity index (χ1v) is 2.93. The van der Waals surface area contributed by atoms with Crippen LogP contribution in [0.5, 0.6) is 0 Å². The van der Waals surface area contributed by atoms with Crippen LogP contribution >= 0.6 is 0 Å². The minimum absolute atomic E-state index is 0.639. The predicted octanol–water partition coefficient (Wildman–Crippen LogP) is 0.0869. The normalized spacial score (nSPS) is 9.89. The Morgan fingerprint density at radius 3 is 1.78 bits per heavy atom. The van der Waals surface area contributed by atoms with Gasteiger partial charge in [0.2, 0.25) is 0 Å². The van der Waals surface area contributed by atoms with Gasteiger partial charge in [-0.2, -0.15) is 0 Å². The van der Waals surface area contributed by atoms with Crippen LogP contribution in [0.15, 0.2) is 0 Å². The Kier molecular flexibility index (Phi) is 3.24. The molecule has 0 aliphatic rings. The average Bonchev–Trinajstić information content (AvgIpc) is 1.63. The summed E-state index contributed by atoms with van der Waals surface area (Å²) in [6, 6.07) is 0. The summed E-state index contributed by atoms with van der Waals surface area (Å²) in [6.45, 7) is 0.715. The van der Waals surface area contributed by atoms with Crippen LogP contribution in [0.25, 0.3) is 0 Å². The lowest BCUT2D eigenvalue weighted by molar-refractivity contribution is 0.442. The largest absolute Gasteiger partial charge is 0.366 e. The molecule has 0 amide bonds. The molecule has 0 unspecified atom stereocenters. The van der Waals surface area contributed by atoms with Crippen molar-refractivity contribution in [3.63, 3.8) is 0 Å². The molecule has 0 saturated carbocycles. The topological polar surface area (TPSA) is 30.3 Å². The highest BCUT2D eigenvalue weighted by Gasteiger charge is 1.98. The van der Waals surface area contributed by atoms with Crippen molar-refractivity contribution >= 4 is 5.84 Å². The lowest BCUT2D eigenvalue weighted by Crippen LogP contribution is -2.31. The van der Waals surface area contributed by atoms with E-state index in [-0.39, 0.29) is 0 Å². The van der Waals surface area contributed by atoms with E-state index in [9.17, 15) is 0 Å². The molecule has 0 atom stereocenters. The fourth-order valence-electron chi connectivity index (χ4n) is 0.441. The Bertz CT molecular complexity index is 96.5. The second kappa shape index (κ2) is 3.45. The molecule has 0 spiro atoms. The smallest absolute Gasteiger partial charge is 0.110 e.